The molecule has 2 aromatic carbocycles. The zero-order valence-electron chi connectivity index (χ0n) is 16.1. The molecule has 1 atom stereocenters. The highest BCUT2D eigenvalue weighted by atomic mass is 19.1. The van der Waals surface area contributed by atoms with Gasteiger partial charge in [-0.2, -0.15) is 9.78 Å². The van der Waals surface area contributed by atoms with E-state index in [-0.39, 0.29) is 18.3 Å². The van der Waals surface area contributed by atoms with Crippen molar-refractivity contribution in [3.63, 3.8) is 0 Å². The first-order chi connectivity index (χ1) is 13.9. The second-order valence-corrected chi connectivity index (χ2v) is 6.68. The predicted octanol–water partition coefficient (Wildman–Crippen LogP) is 2.11. The standard InChI is InChI=1S/C21H21FN4O3/c1-3-14(2)23-19(27)18-20(28)25(13-15-7-5-4-6-8-15)21(29)26(24-18)17-11-9-16(22)10-12-17/h4-12,14H,3,13H2,1-2H3,(H,23,27)/t14-/m0/s1. The molecular weight excluding hydrogens is 375 g/mol. The number of halogens is 1. The first-order valence-electron chi connectivity index (χ1n) is 9.25. The van der Waals surface area contributed by atoms with Crippen molar-refractivity contribution in [1.29, 1.82) is 0 Å². The molecule has 0 radical (unpaired) electrons. The van der Waals surface area contributed by atoms with Gasteiger partial charge in [-0.15, -0.1) is 0 Å². The molecule has 7 nitrogen and oxygen atoms in total. The Morgan fingerprint density at radius 1 is 1.10 bits per heavy atom. The molecule has 1 N–H and O–H groups in total. The molecule has 3 aromatic rings. The Morgan fingerprint density at radius 3 is 2.38 bits per heavy atom. The molecule has 0 fully saturated rings. The van der Waals surface area contributed by atoms with Gasteiger partial charge >= 0.3 is 5.69 Å². The normalized spacial score (nSPS) is 11.8. The topological polar surface area (TPSA) is 86.0 Å². The molecule has 1 aromatic heterocycles. The summed E-state index contributed by atoms with van der Waals surface area (Å²) in [4.78, 5) is 38.5. The molecule has 0 spiro atoms. The van der Waals surface area contributed by atoms with E-state index in [4.69, 9.17) is 0 Å². The molecule has 29 heavy (non-hydrogen) atoms. The van der Waals surface area contributed by atoms with Crippen LogP contribution in [-0.2, 0) is 6.54 Å². The van der Waals surface area contributed by atoms with Crippen LogP contribution in [0.15, 0.2) is 64.2 Å². The summed E-state index contributed by atoms with van der Waals surface area (Å²) in [5, 5.41) is 6.69. The summed E-state index contributed by atoms with van der Waals surface area (Å²) in [6, 6.07) is 13.8. The third-order valence-electron chi connectivity index (χ3n) is 4.52. The van der Waals surface area contributed by atoms with Crippen LogP contribution < -0.4 is 16.6 Å². The van der Waals surface area contributed by atoms with Crippen LogP contribution in [0.5, 0.6) is 0 Å². The maximum Gasteiger partial charge on any atom is 0.352 e. The number of rotatable bonds is 6. The van der Waals surface area contributed by atoms with Gasteiger partial charge in [-0.1, -0.05) is 37.3 Å². The monoisotopic (exact) mass is 396 g/mol. The highest BCUT2D eigenvalue weighted by Crippen LogP contribution is 2.06. The highest BCUT2D eigenvalue weighted by molar-refractivity contribution is 5.91. The number of nitrogens with zero attached hydrogens (tertiary/aromatic N) is 3. The molecule has 0 aliphatic rings. The second kappa shape index (κ2) is 8.64. The molecule has 0 unspecified atom stereocenters. The summed E-state index contributed by atoms with van der Waals surface area (Å²) in [7, 11) is 0. The summed E-state index contributed by atoms with van der Waals surface area (Å²) in [5.41, 5.74) is -0.929. The van der Waals surface area contributed by atoms with Crippen LogP contribution in [-0.4, -0.2) is 26.3 Å². The van der Waals surface area contributed by atoms with E-state index in [0.29, 0.717) is 6.42 Å². The van der Waals surface area contributed by atoms with Crippen molar-refractivity contribution in [2.45, 2.75) is 32.9 Å². The zero-order chi connectivity index (χ0) is 21.0. The lowest BCUT2D eigenvalue weighted by molar-refractivity contribution is 0.0929. The van der Waals surface area contributed by atoms with E-state index in [9.17, 15) is 18.8 Å². The average Bonchev–Trinajstić information content (AvgIpc) is 2.72. The molecule has 3 rings (SSSR count). The average molecular weight is 396 g/mol. The number of carbonyl (C=O) groups is 1. The molecule has 150 valence electrons. The molecule has 1 amide bonds. The van der Waals surface area contributed by atoms with Crippen molar-refractivity contribution < 1.29 is 9.18 Å². The SMILES string of the molecule is CC[C@H](C)NC(=O)c1nn(-c2ccc(F)cc2)c(=O)n(Cc2ccccc2)c1=O. The van der Waals surface area contributed by atoms with Crippen molar-refractivity contribution in [3.05, 3.63) is 92.5 Å². The number of carbonyl (C=O) groups excluding carboxylic acids is 1. The van der Waals surface area contributed by atoms with Crippen molar-refractivity contribution in [2.24, 2.45) is 0 Å². The quantitative estimate of drug-likeness (QED) is 0.692. The van der Waals surface area contributed by atoms with E-state index in [0.717, 1.165) is 14.8 Å². The molecular formula is C21H21FN4O3. The maximum absolute atomic E-state index is 13.3. The summed E-state index contributed by atoms with van der Waals surface area (Å²) < 4.78 is 15.2. The van der Waals surface area contributed by atoms with Crippen LogP contribution in [0.25, 0.3) is 5.69 Å². The van der Waals surface area contributed by atoms with Gasteiger partial charge in [-0.25, -0.2) is 9.18 Å². The summed E-state index contributed by atoms with van der Waals surface area (Å²) in [6.07, 6.45) is 0.668. The Hall–Kier alpha value is -3.55. The van der Waals surface area contributed by atoms with Gasteiger partial charge in [0.25, 0.3) is 11.5 Å². The minimum absolute atomic E-state index is 0.0220. The molecule has 0 saturated carbocycles. The van der Waals surface area contributed by atoms with Crippen LogP contribution in [0.2, 0.25) is 0 Å². The smallest absolute Gasteiger partial charge is 0.348 e. The van der Waals surface area contributed by atoms with Gasteiger partial charge < -0.3 is 5.32 Å². The molecule has 1 heterocycles. The summed E-state index contributed by atoms with van der Waals surface area (Å²) in [5.74, 6) is -1.14. The van der Waals surface area contributed by atoms with Crippen LogP contribution >= 0.6 is 0 Å². The van der Waals surface area contributed by atoms with Gasteiger partial charge in [0, 0.05) is 6.04 Å². The lowest BCUT2D eigenvalue weighted by Crippen LogP contribution is -2.47. The fourth-order valence-corrected chi connectivity index (χ4v) is 2.71. The van der Waals surface area contributed by atoms with Crippen molar-refractivity contribution in [3.8, 4) is 5.69 Å². The molecule has 0 saturated heterocycles. The third kappa shape index (κ3) is 4.48. The third-order valence-corrected chi connectivity index (χ3v) is 4.52. The Morgan fingerprint density at radius 2 is 1.76 bits per heavy atom. The van der Waals surface area contributed by atoms with Gasteiger partial charge in [0.2, 0.25) is 5.69 Å². The Labute approximate surface area is 166 Å². The number of nitrogens with one attached hydrogen (secondary N) is 1. The molecule has 0 aliphatic heterocycles. The van der Waals surface area contributed by atoms with Gasteiger partial charge in [0.15, 0.2) is 0 Å². The van der Waals surface area contributed by atoms with Crippen LogP contribution in [0.1, 0.15) is 36.3 Å². The minimum Gasteiger partial charge on any atom is -0.348 e. The largest absolute Gasteiger partial charge is 0.352 e. The number of aromatic nitrogens is 3. The Balaban J connectivity index is 2.18. The van der Waals surface area contributed by atoms with Crippen molar-refractivity contribution in [1.82, 2.24) is 19.7 Å². The van der Waals surface area contributed by atoms with E-state index < -0.39 is 28.7 Å². The van der Waals surface area contributed by atoms with Gasteiger partial charge in [-0.3, -0.25) is 14.2 Å². The zero-order valence-corrected chi connectivity index (χ0v) is 16.1. The molecule has 8 heteroatoms. The fraction of sp³-hybridized carbons (Fsp3) is 0.238. The predicted molar refractivity (Wildman–Crippen MR) is 107 cm³/mol. The van der Waals surface area contributed by atoms with Crippen LogP contribution in [0, 0.1) is 5.82 Å². The number of hydrogen-bond acceptors (Lipinski definition) is 4. The summed E-state index contributed by atoms with van der Waals surface area (Å²) >= 11 is 0. The van der Waals surface area contributed by atoms with Crippen molar-refractivity contribution in [2.75, 3.05) is 0 Å². The second-order valence-electron chi connectivity index (χ2n) is 6.68. The first-order valence-corrected chi connectivity index (χ1v) is 9.25. The maximum atomic E-state index is 13.3. The van der Waals surface area contributed by atoms with Crippen molar-refractivity contribution >= 4 is 5.91 Å². The van der Waals surface area contributed by atoms with Gasteiger partial charge in [0.05, 0.1) is 12.2 Å². The van der Waals surface area contributed by atoms with E-state index >= 15 is 0 Å². The number of amides is 1. The number of benzene rings is 2. The Bertz CT molecular complexity index is 1120. The molecule has 0 aliphatic carbocycles. The van der Waals surface area contributed by atoms with E-state index in [1.54, 1.807) is 31.2 Å². The van der Waals surface area contributed by atoms with Crippen LogP contribution in [0.3, 0.4) is 0 Å². The first kappa shape index (κ1) is 20.2. The summed E-state index contributed by atoms with van der Waals surface area (Å²) in [6.45, 7) is 3.67. The fourth-order valence-electron chi connectivity index (χ4n) is 2.71. The highest BCUT2D eigenvalue weighted by Gasteiger charge is 2.21. The lowest BCUT2D eigenvalue weighted by atomic mass is 10.2. The molecule has 0 bridgehead atoms. The van der Waals surface area contributed by atoms with E-state index in [2.05, 4.69) is 10.4 Å². The lowest BCUT2D eigenvalue weighted by Gasteiger charge is -2.14. The Kier molecular flexibility index (Phi) is 6.01. The van der Waals surface area contributed by atoms with Gasteiger partial charge in [-0.05, 0) is 43.2 Å². The minimum atomic E-state index is -0.780. The van der Waals surface area contributed by atoms with E-state index in [1.165, 1.54) is 24.3 Å². The van der Waals surface area contributed by atoms with E-state index in [1.807, 2.05) is 13.0 Å². The van der Waals surface area contributed by atoms with Gasteiger partial charge in [0.1, 0.15) is 5.82 Å². The number of hydrogen-bond donors (Lipinski definition) is 1. The van der Waals surface area contributed by atoms with Crippen LogP contribution in [0.4, 0.5) is 4.39 Å².